The van der Waals surface area contributed by atoms with Crippen LogP contribution in [-0.2, 0) is 4.79 Å². The van der Waals surface area contributed by atoms with Crippen LogP contribution in [0.2, 0.25) is 0 Å². The molecule has 2 heteroatoms. The molecular weight excluding hydrogens is 116 g/mol. The van der Waals surface area contributed by atoms with E-state index in [4.69, 9.17) is 5.11 Å². The van der Waals surface area contributed by atoms with Gasteiger partial charge in [0.15, 0.2) is 0 Å². The van der Waals surface area contributed by atoms with Gasteiger partial charge in [-0.1, -0.05) is 6.92 Å². The summed E-state index contributed by atoms with van der Waals surface area (Å²) < 4.78 is 0. The van der Waals surface area contributed by atoms with E-state index in [1.165, 1.54) is 0 Å². The van der Waals surface area contributed by atoms with Crippen LogP contribution in [0.3, 0.4) is 0 Å². The molecule has 0 aromatic heterocycles. The van der Waals surface area contributed by atoms with Gasteiger partial charge in [0.25, 0.3) is 0 Å². The van der Waals surface area contributed by atoms with Gasteiger partial charge in [0.05, 0.1) is 0 Å². The minimum Gasteiger partial charge on any atom is -0.396 e. The van der Waals surface area contributed by atoms with E-state index in [2.05, 4.69) is 0 Å². The fourth-order valence-corrected chi connectivity index (χ4v) is 0.611. The number of carbonyl (C=O) groups excluding carboxylic acids is 1. The second kappa shape index (κ2) is 5.76. The molecule has 0 aliphatic rings. The number of Topliss-reactive ketones (excluding diaryl/α,β-unsaturated/α-hetero) is 1. The molecule has 0 unspecified atom stereocenters. The maximum atomic E-state index is 10.6. The SMILES string of the molecule is CCC(=O)CCCCO. The molecule has 0 aliphatic heterocycles. The Labute approximate surface area is 55.9 Å². The number of aliphatic hydroxyl groups is 1. The van der Waals surface area contributed by atoms with Gasteiger partial charge in [0, 0.05) is 19.4 Å². The van der Waals surface area contributed by atoms with Crippen LogP contribution < -0.4 is 0 Å². The highest BCUT2D eigenvalue weighted by molar-refractivity contribution is 5.77. The molecule has 0 heterocycles. The summed E-state index contributed by atoms with van der Waals surface area (Å²) in [7, 11) is 0. The number of ketones is 1. The zero-order valence-corrected chi connectivity index (χ0v) is 5.89. The molecule has 0 saturated heterocycles. The molecule has 2 nitrogen and oxygen atoms in total. The third kappa shape index (κ3) is 5.50. The third-order valence-corrected chi connectivity index (χ3v) is 1.26. The second-order valence-corrected chi connectivity index (χ2v) is 2.07. The van der Waals surface area contributed by atoms with E-state index < -0.39 is 0 Å². The second-order valence-electron chi connectivity index (χ2n) is 2.07. The standard InChI is InChI=1S/C7H14O2/c1-2-7(9)5-3-4-6-8/h8H,2-6H2,1H3. The smallest absolute Gasteiger partial charge is 0.132 e. The number of unbranched alkanes of at least 4 members (excludes halogenated alkanes) is 1. The zero-order chi connectivity index (χ0) is 7.11. The van der Waals surface area contributed by atoms with Crippen molar-refractivity contribution in [1.29, 1.82) is 0 Å². The van der Waals surface area contributed by atoms with Crippen LogP contribution in [-0.4, -0.2) is 17.5 Å². The Morgan fingerprint density at radius 2 is 2.11 bits per heavy atom. The largest absolute Gasteiger partial charge is 0.396 e. The molecule has 9 heavy (non-hydrogen) atoms. The highest BCUT2D eigenvalue weighted by Crippen LogP contribution is 1.97. The topological polar surface area (TPSA) is 37.3 Å². The van der Waals surface area contributed by atoms with E-state index in [-0.39, 0.29) is 6.61 Å². The van der Waals surface area contributed by atoms with Crippen LogP contribution in [0.4, 0.5) is 0 Å². The lowest BCUT2D eigenvalue weighted by atomic mass is 10.1. The monoisotopic (exact) mass is 130 g/mol. The summed E-state index contributed by atoms with van der Waals surface area (Å²) in [5.41, 5.74) is 0. The van der Waals surface area contributed by atoms with Crippen LogP contribution in [0.25, 0.3) is 0 Å². The average molecular weight is 130 g/mol. The number of hydrogen-bond acceptors (Lipinski definition) is 2. The van der Waals surface area contributed by atoms with Gasteiger partial charge in [-0.25, -0.2) is 0 Å². The zero-order valence-electron chi connectivity index (χ0n) is 5.89. The van der Waals surface area contributed by atoms with Gasteiger partial charge in [-0.3, -0.25) is 4.79 Å². The molecule has 0 fully saturated rings. The highest BCUT2D eigenvalue weighted by atomic mass is 16.2. The van der Waals surface area contributed by atoms with Crippen LogP contribution >= 0.6 is 0 Å². The molecule has 54 valence electrons. The van der Waals surface area contributed by atoms with Crippen molar-refractivity contribution in [1.82, 2.24) is 0 Å². The van der Waals surface area contributed by atoms with Gasteiger partial charge in [-0.2, -0.15) is 0 Å². The van der Waals surface area contributed by atoms with Crippen LogP contribution in [0, 0.1) is 0 Å². The molecule has 0 bridgehead atoms. The van der Waals surface area contributed by atoms with Crippen molar-refractivity contribution >= 4 is 5.78 Å². The fourth-order valence-electron chi connectivity index (χ4n) is 0.611. The first-order valence-corrected chi connectivity index (χ1v) is 3.43. The summed E-state index contributed by atoms with van der Waals surface area (Å²) in [6.07, 6.45) is 2.86. The van der Waals surface area contributed by atoms with Crippen molar-refractivity contribution < 1.29 is 9.90 Å². The van der Waals surface area contributed by atoms with Crippen molar-refractivity contribution in [3.05, 3.63) is 0 Å². The van der Waals surface area contributed by atoms with Crippen molar-refractivity contribution in [2.24, 2.45) is 0 Å². The maximum Gasteiger partial charge on any atom is 0.132 e. The molecule has 0 aromatic rings. The highest BCUT2D eigenvalue weighted by Gasteiger charge is 1.95. The van der Waals surface area contributed by atoms with Gasteiger partial charge in [0.2, 0.25) is 0 Å². The molecule has 0 radical (unpaired) electrons. The number of hydrogen-bond donors (Lipinski definition) is 1. The lowest BCUT2D eigenvalue weighted by Crippen LogP contribution is -1.95. The first-order valence-electron chi connectivity index (χ1n) is 3.43. The normalized spacial score (nSPS) is 9.56. The Morgan fingerprint density at radius 1 is 1.44 bits per heavy atom. The van der Waals surface area contributed by atoms with E-state index in [0.29, 0.717) is 18.6 Å². The van der Waals surface area contributed by atoms with Gasteiger partial charge < -0.3 is 5.11 Å². The van der Waals surface area contributed by atoms with Crippen LogP contribution in [0.1, 0.15) is 32.6 Å². The molecule has 0 saturated carbocycles. The number of rotatable bonds is 5. The molecule has 0 atom stereocenters. The first kappa shape index (κ1) is 8.63. The van der Waals surface area contributed by atoms with Crippen molar-refractivity contribution in [2.75, 3.05) is 6.61 Å². The summed E-state index contributed by atoms with van der Waals surface area (Å²) >= 11 is 0. The van der Waals surface area contributed by atoms with E-state index in [1.807, 2.05) is 6.92 Å². The number of aliphatic hydroxyl groups excluding tert-OH is 1. The van der Waals surface area contributed by atoms with Gasteiger partial charge in [0.1, 0.15) is 5.78 Å². The third-order valence-electron chi connectivity index (χ3n) is 1.26. The Hall–Kier alpha value is -0.370. The molecular formula is C7H14O2. The summed E-state index contributed by atoms with van der Waals surface area (Å²) in [5.74, 6) is 0.295. The summed E-state index contributed by atoms with van der Waals surface area (Å²) in [4.78, 5) is 10.6. The molecule has 0 aromatic carbocycles. The van der Waals surface area contributed by atoms with Crippen LogP contribution in [0.5, 0.6) is 0 Å². The van der Waals surface area contributed by atoms with Crippen molar-refractivity contribution in [2.45, 2.75) is 32.6 Å². The summed E-state index contributed by atoms with van der Waals surface area (Å²) in [6.45, 7) is 2.07. The van der Waals surface area contributed by atoms with E-state index in [1.54, 1.807) is 0 Å². The van der Waals surface area contributed by atoms with E-state index in [0.717, 1.165) is 12.8 Å². The van der Waals surface area contributed by atoms with Gasteiger partial charge in [-0.15, -0.1) is 0 Å². The van der Waals surface area contributed by atoms with Gasteiger partial charge >= 0.3 is 0 Å². The Kier molecular flexibility index (Phi) is 5.52. The predicted octanol–water partition coefficient (Wildman–Crippen LogP) is 1.13. The Bertz CT molecular complexity index is 79.0. The summed E-state index contributed by atoms with van der Waals surface area (Å²) in [5, 5.41) is 8.34. The lowest BCUT2D eigenvalue weighted by molar-refractivity contribution is -0.118. The lowest BCUT2D eigenvalue weighted by Gasteiger charge is -1.93. The minimum atomic E-state index is 0.205. The Morgan fingerprint density at radius 3 is 2.56 bits per heavy atom. The average Bonchev–Trinajstić information content (AvgIpc) is 1.89. The van der Waals surface area contributed by atoms with E-state index in [9.17, 15) is 4.79 Å². The molecule has 0 amide bonds. The fraction of sp³-hybridized carbons (Fsp3) is 0.857. The van der Waals surface area contributed by atoms with Crippen molar-refractivity contribution in [3.8, 4) is 0 Å². The van der Waals surface area contributed by atoms with Crippen molar-refractivity contribution in [3.63, 3.8) is 0 Å². The molecule has 0 spiro atoms. The van der Waals surface area contributed by atoms with Crippen LogP contribution in [0.15, 0.2) is 0 Å². The predicted molar refractivity (Wildman–Crippen MR) is 36.2 cm³/mol. The molecule has 1 N–H and O–H groups in total. The Balaban J connectivity index is 2.97. The minimum absolute atomic E-state index is 0.205. The van der Waals surface area contributed by atoms with E-state index >= 15 is 0 Å². The molecule has 0 rings (SSSR count). The first-order chi connectivity index (χ1) is 4.31. The molecule has 0 aliphatic carbocycles. The summed E-state index contributed by atoms with van der Waals surface area (Å²) in [6, 6.07) is 0. The number of carbonyl (C=O) groups is 1. The quantitative estimate of drug-likeness (QED) is 0.566. The van der Waals surface area contributed by atoms with Gasteiger partial charge in [-0.05, 0) is 12.8 Å². The maximum absolute atomic E-state index is 10.6.